The Morgan fingerprint density at radius 1 is 1.33 bits per heavy atom. The molecule has 122 valence electrons. The van der Waals surface area contributed by atoms with E-state index in [-0.39, 0.29) is 18.0 Å². The molecule has 0 radical (unpaired) electrons. The molecule has 0 aromatic heterocycles. The molecule has 1 N–H and O–H groups in total. The zero-order valence-corrected chi connectivity index (χ0v) is 13.9. The second kappa shape index (κ2) is 8.25. The molecule has 0 saturated carbocycles. The van der Waals surface area contributed by atoms with E-state index < -0.39 is 5.60 Å². The number of carbonyl (C=O) groups excluding carboxylic acids is 2. The number of amides is 2. The Labute approximate surface area is 128 Å². The van der Waals surface area contributed by atoms with E-state index in [1.165, 1.54) is 0 Å². The lowest BCUT2D eigenvalue weighted by atomic mass is 10.1. The van der Waals surface area contributed by atoms with Crippen LogP contribution in [0.3, 0.4) is 0 Å². The molecular weight excluding hydrogens is 268 g/mol. The average molecular weight is 298 g/mol. The molecule has 1 heterocycles. The van der Waals surface area contributed by atoms with Crippen LogP contribution in [0.2, 0.25) is 0 Å². The highest BCUT2D eigenvalue weighted by molar-refractivity contribution is 5.75. The van der Waals surface area contributed by atoms with Gasteiger partial charge in [0, 0.05) is 25.6 Å². The van der Waals surface area contributed by atoms with Crippen molar-refractivity contribution in [3.8, 4) is 0 Å². The lowest BCUT2D eigenvalue weighted by molar-refractivity contribution is -0.121. The SMILES string of the molecule is CCCC(=O)NCCC[C@H]1CCCN1C(=O)OC(C)(C)C. The van der Waals surface area contributed by atoms with E-state index in [9.17, 15) is 9.59 Å². The summed E-state index contributed by atoms with van der Waals surface area (Å²) in [5.41, 5.74) is -0.446. The first-order valence-electron chi connectivity index (χ1n) is 8.10. The molecule has 1 aliphatic rings. The number of ether oxygens (including phenoxy) is 1. The highest BCUT2D eigenvalue weighted by Crippen LogP contribution is 2.23. The maximum absolute atomic E-state index is 12.1. The number of hydrogen-bond acceptors (Lipinski definition) is 3. The fourth-order valence-electron chi connectivity index (χ4n) is 2.58. The van der Waals surface area contributed by atoms with Crippen molar-refractivity contribution >= 4 is 12.0 Å². The van der Waals surface area contributed by atoms with E-state index >= 15 is 0 Å². The molecule has 0 spiro atoms. The molecule has 21 heavy (non-hydrogen) atoms. The van der Waals surface area contributed by atoms with Crippen molar-refractivity contribution in [1.29, 1.82) is 0 Å². The number of hydrogen-bond donors (Lipinski definition) is 1. The predicted octanol–water partition coefficient (Wildman–Crippen LogP) is 3.08. The van der Waals surface area contributed by atoms with Crippen molar-refractivity contribution in [3.05, 3.63) is 0 Å². The van der Waals surface area contributed by atoms with Crippen LogP contribution in [0.4, 0.5) is 4.79 Å². The summed E-state index contributed by atoms with van der Waals surface area (Å²) in [7, 11) is 0. The second-order valence-electron chi connectivity index (χ2n) is 6.71. The van der Waals surface area contributed by atoms with Gasteiger partial charge in [-0.25, -0.2) is 4.79 Å². The number of rotatable bonds is 6. The fraction of sp³-hybridized carbons (Fsp3) is 0.875. The van der Waals surface area contributed by atoms with Gasteiger partial charge in [0.25, 0.3) is 0 Å². The van der Waals surface area contributed by atoms with Gasteiger partial charge in [-0.3, -0.25) is 4.79 Å². The Morgan fingerprint density at radius 3 is 2.67 bits per heavy atom. The van der Waals surface area contributed by atoms with Crippen LogP contribution in [0.15, 0.2) is 0 Å². The summed E-state index contributed by atoms with van der Waals surface area (Å²) in [5, 5.41) is 2.92. The van der Waals surface area contributed by atoms with Gasteiger partial charge < -0.3 is 15.0 Å². The van der Waals surface area contributed by atoms with E-state index in [1.807, 2.05) is 32.6 Å². The third kappa shape index (κ3) is 6.82. The van der Waals surface area contributed by atoms with Gasteiger partial charge in [-0.05, 0) is 52.9 Å². The number of likely N-dealkylation sites (tertiary alicyclic amines) is 1. The van der Waals surface area contributed by atoms with Crippen LogP contribution in [0, 0.1) is 0 Å². The van der Waals surface area contributed by atoms with Gasteiger partial charge in [-0.1, -0.05) is 6.92 Å². The van der Waals surface area contributed by atoms with Crippen LogP contribution in [-0.2, 0) is 9.53 Å². The summed E-state index contributed by atoms with van der Waals surface area (Å²) in [4.78, 5) is 25.4. The second-order valence-corrected chi connectivity index (χ2v) is 6.71. The normalized spacial score (nSPS) is 18.7. The molecule has 1 atom stereocenters. The van der Waals surface area contributed by atoms with Crippen molar-refractivity contribution in [2.45, 2.75) is 77.9 Å². The van der Waals surface area contributed by atoms with Gasteiger partial charge in [0.1, 0.15) is 5.60 Å². The van der Waals surface area contributed by atoms with E-state index in [2.05, 4.69) is 5.32 Å². The fourth-order valence-corrected chi connectivity index (χ4v) is 2.58. The Balaban J connectivity index is 2.30. The minimum absolute atomic E-state index is 0.118. The van der Waals surface area contributed by atoms with Gasteiger partial charge in [-0.15, -0.1) is 0 Å². The molecule has 1 saturated heterocycles. The van der Waals surface area contributed by atoms with Gasteiger partial charge in [-0.2, -0.15) is 0 Å². The topological polar surface area (TPSA) is 58.6 Å². The van der Waals surface area contributed by atoms with Crippen LogP contribution in [0.1, 0.15) is 66.2 Å². The van der Waals surface area contributed by atoms with Crippen molar-refractivity contribution in [3.63, 3.8) is 0 Å². The van der Waals surface area contributed by atoms with Crippen LogP contribution in [0.5, 0.6) is 0 Å². The summed E-state index contributed by atoms with van der Waals surface area (Å²) in [6.07, 6.45) is 5.15. The Kier molecular flexibility index (Phi) is 6.99. The largest absolute Gasteiger partial charge is 0.444 e. The highest BCUT2D eigenvalue weighted by Gasteiger charge is 2.31. The predicted molar refractivity (Wildman–Crippen MR) is 83.1 cm³/mol. The van der Waals surface area contributed by atoms with Crippen molar-refractivity contribution < 1.29 is 14.3 Å². The third-order valence-electron chi connectivity index (χ3n) is 3.52. The van der Waals surface area contributed by atoms with Gasteiger partial charge in [0.2, 0.25) is 5.91 Å². The molecular formula is C16H30N2O3. The molecule has 0 bridgehead atoms. The molecule has 5 heteroatoms. The smallest absolute Gasteiger partial charge is 0.410 e. The van der Waals surface area contributed by atoms with Gasteiger partial charge >= 0.3 is 6.09 Å². The standard InChI is InChI=1S/C16H30N2O3/c1-5-8-14(19)17-11-6-9-13-10-7-12-18(13)15(20)21-16(2,3)4/h13H,5-12H2,1-4H3,(H,17,19)/t13-/m0/s1. The first-order chi connectivity index (χ1) is 9.83. The molecule has 1 rings (SSSR count). The van der Waals surface area contributed by atoms with E-state index in [0.29, 0.717) is 13.0 Å². The molecule has 0 unspecified atom stereocenters. The summed E-state index contributed by atoms with van der Waals surface area (Å²) in [5.74, 6) is 0.118. The summed E-state index contributed by atoms with van der Waals surface area (Å²) in [6, 6.07) is 0.253. The molecule has 1 fully saturated rings. The maximum atomic E-state index is 12.1. The molecule has 0 aromatic rings. The molecule has 5 nitrogen and oxygen atoms in total. The lowest BCUT2D eigenvalue weighted by Crippen LogP contribution is -2.40. The lowest BCUT2D eigenvalue weighted by Gasteiger charge is -2.28. The molecule has 2 amide bonds. The van der Waals surface area contributed by atoms with Crippen molar-refractivity contribution in [2.24, 2.45) is 0 Å². The summed E-state index contributed by atoms with van der Waals surface area (Å²) < 4.78 is 5.45. The van der Waals surface area contributed by atoms with Crippen LogP contribution >= 0.6 is 0 Å². The summed E-state index contributed by atoms with van der Waals surface area (Å²) in [6.45, 7) is 9.13. The minimum atomic E-state index is -0.446. The zero-order chi connectivity index (χ0) is 15.9. The number of nitrogens with zero attached hydrogens (tertiary/aromatic N) is 1. The molecule has 0 aromatic carbocycles. The van der Waals surface area contributed by atoms with E-state index in [4.69, 9.17) is 4.74 Å². The Morgan fingerprint density at radius 2 is 2.05 bits per heavy atom. The Hall–Kier alpha value is -1.26. The quantitative estimate of drug-likeness (QED) is 0.767. The van der Waals surface area contributed by atoms with Crippen LogP contribution < -0.4 is 5.32 Å². The Bertz CT molecular complexity index is 350. The van der Waals surface area contributed by atoms with Crippen molar-refractivity contribution in [2.75, 3.05) is 13.1 Å². The van der Waals surface area contributed by atoms with E-state index in [0.717, 1.165) is 38.6 Å². The molecule has 1 aliphatic heterocycles. The zero-order valence-electron chi connectivity index (χ0n) is 13.9. The van der Waals surface area contributed by atoms with Gasteiger partial charge in [0.05, 0.1) is 0 Å². The van der Waals surface area contributed by atoms with Crippen LogP contribution in [0.25, 0.3) is 0 Å². The monoisotopic (exact) mass is 298 g/mol. The molecule has 0 aliphatic carbocycles. The van der Waals surface area contributed by atoms with Crippen molar-refractivity contribution in [1.82, 2.24) is 10.2 Å². The highest BCUT2D eigenvalue weighted by atomic mass is 16.6. The number of nitrogens with one attached hydrogen (secondary N) is 1. The maximum Gasteiger partial charge on any atom is 0.410 e. The number of carbonyl (C=O) groups is 2. The summed E-state index contributed by atoms with van der Waals surface area (Å²) >= 11 is 0. The third-order valence-corrected chi connectivity index (χ3v) is 3.52. The van der Waals surface area contributed by atoms with Crippen LogP contribution in [-0.4, -0.2) is 41.6 Å². The minimum Gasteiger partial charge on any atom is -0.444 e. The first kappa shape index (κ1) is 17.8. The average Bonchev–Trinajstić information content (AvgIpc) is 2.81. The van der Waals surface area contributed by atoms with Gasteiger partial charge in [0.15, 0.2) is 0 Å². The van der Waals surface area contributed by atoms with E-state index in [1.54, 1.807) is 0 Å². The first-order valence-corrected chi connectivity index (χ1v) is 8.10.